The molecule has 8 heteroatoms. The molecule has 1 unspecified atom stereocenters. The van der Waals surface area contributed by atoms with Gasteiger partial charge in [0.15, 0.2) is 10.7 Å². The number of carbonyl (C=O) groups excluding carboxylic acids is 1. The lowest BCUT2D eigenvalue weighted by Gasteiger charge is -2.16. The second kappa shape index (κ2) is 6.31. The fourth-order valence-electron chi connectivity index (χ4n) is 1.76. The van der Waals surface area contributed by atoms with E-state index >= 15 is 0 Å². The molecular weight excluding hydrogens is 288 g/mol. The van der Waals surface area contributed by atoms with Crippen LogP contribution in [-0.4, -0.2) is 28.1 Å². The number of thioether (sulfide) groups is 1. The van der Waals surface area contributed by atoms with Crippen molar-refractivity contribution >= 4 is 28.5 Å². The minimum atomic E-state index is -0.211. The molecule has 1 aromatic rings. The minimum absolute atomic E-state index is 0.127. The van der Waals surface area contributed by atoms with E-state index in [0.717, 1.165) is 11.7 Å². The highest BCUT2D eigenvalue weighted by Gasteiger charge is 2.22. The van der Waals surface area contributed by atoms with Gasteiger partial charge in [-0.15, -0.1) is 0 Å². The Bertz CT molecular complexity index is 612. The van der Waals surface area contributed by atoms with Crippen molar-refractivity contribution in [1.82, 2.24) is 20.9 Å². The lowest BCUT2D eigenvalue weighted by Crippen LogP contribution is -2.35. The first-order chi connectivity index (χ1) is 10.3. The average molecular weight is 302 g/mol. The number of pyridine rings is 1. The van der Waals surface area contributed by atoms with E-state index in [1.807, 2.05) is 6.08 Å². The molecule has 3 heterocycles. The SMILES string of the molecule is O=C(Nc1cccnc1)C1=CNC(SC2=NC=CCN2)N1. The van der Waals surface area contributed by atoms with Crippen molar-refractivity contribution in [2.24, 2.45) is 4.99 Å². The first kappa shape index (κ1) is 13.5. The molecule has 1 atom stereocenters. The Morgan fingerprint density at radius 2 is 2.43 bits per heavy atom. The van der Waals surface area contributed by atoms with E-state index in [1.165, 1.54) is 11.8 Å². The normalized spacial score (nSPS) is 19.7. The summed E-state index contributed by atoms with van der Waals surface area (Å²) in [7, 11) is 0. The standard InChI is InChI=1S/C13H14N6OS/c20-11(18-9-3-1-4-14-7-9)10-8-17-13(19-10)21-12-15-5-2-6-16-12/h1-5,7-8,13,17,19H,6H2,(H,15,16)(H,18,20). The largest absolute Gasteiger partial charge is 0.361 e. The maximum Gasteiger partial charge on any atom is 0.273 e. The third-order valence-corrected chi connectivity index (χ3v) is 3.69. The van der Waals surface area contributed by atoms with Crippen LogP contribution in [-0.2, 0) is 4.79 Å². The minimum Gasteiger partial charge on any atom is -0.361 e. The van der Waals surface area contributed by atoms with Crippen LogP contribution in [0.25, 0.3) is 0 Å². The van der Waals surface area contributed by atoms with Gasteiger partial charge in [-0.05, 0) is 30.0 Å². The van der Waals surface area contributed by atoms with Crippen LogP contribution in [0.4, 0.5) is 5.69 Å². The van der Waals surface area contributed by atoms with Crippen LogP contribution in [0.5, 0.6) is 0 Å². The zero-order valence-corrected chi connectivity index (χ0v) is 11.9. The Kier molecular flexibility index (Phi) is 4.06. The molecule has 0 saturated carbocycles. The molecule has 0 saturated heterocycles. The summed E-state index contributed by atoms with van der Waals surface area (Å²) in [6.45, 7) is 0.764. The number of rotatable bonds is 3. The van der Waals surface area contributed by atoms with Crippen LogP contribution in [0.3, 0.4) is 0 Å². The quantitative estimate of drug-likeness (QED) is 0.652. The molecule has 1 aromatic heterocycles. The summed E-state index contributed by atoms with van der Waals surface area (Å²) in [5.41, 5.74) is 1.01. The fraction of sp³-hybridized carbons (Fsp3) is 0.154. The Morgan fingerprint density at radius 1 is 1.48 bits per heavy atom. The highest BCUT2D eigenvalue weighted by atomic mass is 32.2. The summed E-state index contributed by atoms with van der Waals surface area (Å²) < 4.78 is 0. The third kappa shape index (κ3) is 3.54. The lowest BCUT2D eigenvalue weighted by atomic mass is 10.4. The van der Waals surface area contributed by atoms with Crippen LogP contribution < -0.4 is 21.3 Å². The van der Waals surface area contributed by atoms with Crippen molar-refractivity contribution in [2.75, 3.05) is 11.9 Å². The van der Waals surface area contributed by atoms with Crippen molar-refractivity contribution in [3.63, 3.8) is 0 Å². The number of nitrogens with zero attached hydrogens (tertiary/aromatic N) is 2. The van der Waals surface area contributed by atoms with Gasteiger partial charge in [0.2, 0.25) is 0 Å². The molecule has 2 aliphatic heterocycles. The number of anilines is 1. The zero-order chi connectivity index (χ0) is 14.5. The third-order valence-electron chi connectivity index (χ3n) is 2.73. The second-order valence-electron chi connectivity index (χ2n) is 4.26. The molecule has 1 amide bonds. The van der Waals surface area contributed by atoms with Gasteiger partial charge in [0.1, 0.15) is 5.70 Å². The molecule has 4 N–H and O–H groups in total. The predicted octanol–water partition coefficient (Wildman–Crippen LogP) is 0.544. The first-order valence-corrected chi connectivity index (χ1v) is 7.27. The molecule has 21 heavy (non-hydrogen) atoms. The van der Waals surface area contributed by atoms with Crippen molar-refractivity contribution in [2.45, 2.75) is 5.50 Å². The van der Waals surface area contributed by atoms with Gasteiger partial charge < -0.3 is 21.3 Å². The number of amides is 1. The molecule has 0 spiro atoms. The number of aliphatic imine (C=N–C) groups is 1. The summed E-state index contributed by atoms with van der Waals surface area (Å²) in [5, 5.41) is 12.9. The average Bonchev–Trinajstić information content (AvgIpc) is 2.98. The highest BCUT2D eigenvalue weighted by Crippen LogP contribution is 2.15. The summed E-state index contributed by atoms with van der Waals surface area (Å²) in [4.78, 5) is 20.2. The molecule has 7 nitrogen and oxygen atoms in total. The van der Waals surface area contributed by atoms with Gasteiger partial charge in [-0.25, -0.2) is 4.99 Å². The van der Waals surface area contributed by atoms with Gasteiger partial charge in [-0.1, -0.05) is 0 Å². The van der Waals surface area contributed by atoms with Gasteiger partial charge in [-0.3, -0.25) is 9.78 Å². The van der Waals surface area contributed by atoms with Crippen LogP contribution in [0.15, 0.2) is 53.7 Å². The van der Waals surface area contributed by atoms with E-state index in [9.17, 15) is 4.79 Å². The predicted molar refractivity (Wildman–Crippen MR) is 83.2 cm³/mol. The van der Waals surface area contributed by atoms with Gasteiger partial charge in [0, 0.05) is 25.1 Å². The molecule has 0 radical (unpaired) electrons. The van der Waals surface area contributed by atoms with Crippen molar-refractivity contribution in [1.29, 1.82) is 0 Å². The highest BCUT2D eigenvalue weighted by molar-refractivity contribution is 8.14. The van der Waals surface area contributed by atoms with Crippen LogP contribution >= 0.6 is 11.8 Å². The van der Waals surface area contributed by atoms with Gasteiger partial charge >= 0.3 is 0 Å². The van der Waals surface area contributed by atoms with E-state index in [1.54, 1.807) is 36.9 Å². The van der Waals surface area contributed by atoms with Gasteiger partial charge in [0.25, 0.3) is 5.91 Å². The zero-order valence-electron chi connectivity index (χ0n) is 11.0. The van der Waals surface area contributed by atoms with Gasteiger partial charge in [-0.2, -0.15) is 0 Å². The molecule has 3 rings (SSSR count). The molecule has 108 valence electrons. The van der Waals surface area contributed by atoms with Crippen LogP contribution in [0.2, 0.25) is 0 Å². The number of hydrogen-bond donors (Lipinski definition) is 4. The number of hydrogen-bond acceptors (Lipinski definition) is 7. The monoisotopic (exact) mass is 302 g/mol. The van der Waals surface area contributed by atoms with Crippen molar-refractivity contribution < 1.29 is 4.79 Å². The molecule has 0 fully saturated rings. The molecule has 2 aliphatic rings. The first-order valence-electron chi connectivity index (χ1n) is 6.39. The Morgan fingerprint density at radius 3 is 3.19 bits per heavy atom. The number of amidine groups is 1. The van der Waals surface area contributed by atoms with E-state index in [2.05, 4.69) is 31.2 Å². The van der Waals surface area contributed by atoms with Gasteiger partial charge in [0.05, 0.1) is 11.9 Å². The Hall–Kier alpha value is -2.48. The van der Waals surface area contributed by atoms with E-state index in [0.29, 0.717) is 11.4 Å². The summed E-state index contributed by atoms with van der Waals surface area (Å²) in [6, 6.07) is 3.55. The Balaban J connectivity index is 1.53. The van der Waals surface area contributed by atoms with E-state index < -0.39 is 0 Å². The van der Waals surface area contributed by atoms with E-state index in [-0.39, 0.29) is 11.4 Å². The Labute approximate surface area is 126 Å². The van der Waals surface area contributed by atoms with Crippen LogP contribution in [0, 0.1) is 0 Å². The smallest absolute Gasteiger partial charge is 0.273 e. The van der Waals surface area contributed by atoms with Crippen molar-refractivity contribution in [3.8, 4) is 0 Å². The van der Waals surface area contributed by atoms with E-state index in [4.69, 9.17) is 0 Å². The molecule has 0 bridgehead atoms. The molecule has 0 aliphatic carbocycles. The van der Waals surface area contributed by atoms with Crippen molar-refractivity contribution in [3.05, 3.63) is 48.7 Å². The number of carbonyl (C=O) groups is 1. The fourth-order valence-corrected chi connectivity index (χ4v) is 2.60. The van der Waals surface area contributed by atoms with Crippen LogP contribution in [0.1, 0.15) is 0 Å². The molecule has 0 aromatic carbocycles. The second-order valence-corrected chi connectivity index (χ2v) is 5.36. The number of nitrogens with one attached hydrogen (secondary N) is 4. The topological polar surface area (TPSA) is 90.4 Å². The molecular formula is C13H14N6OS. The maximum atomic E-state index is 12.1. The summed E-state index contributed by atoms with van der Waals surface area (Å²) >= 11 is 1.48. The summed E-state index contributed by atoms with van der Waals surface area (Å²) in [6.07, 6.45) is 8.60. The number of aromatic nitrogens is 1. The summed E-state index contributed by atoms with van der Waals surface area (Å²) in [5.74, 6) is -0.211. The lowest BCUT2D eigenvalue weighted by molar-refractivity contribution is -0.113. The maximum absolute atomic E-state index is 12.1.